The van der Waals surface area contributed by atoms with Gasteiger partial charge in [-0.1, -0.05) is 31.5 Å². The summed E-state index contributed by atoms with van der Waals surface area (Å²) in [6, 6.07) is 7.59. The van der Waals surface area contributed by atoms with Crippen molar-refractivity contribution in [1.29, 1.82) is 0 Å². The second kappa shape index (κ2) is 14.6. The first-order valence-corrected chi connectivity index (χ1v) is 9.09. The number of amides is 1. The maximum atomic E-state index is 11.9. The number of piperazine rings is 1. The summed E-state index contributed by atoms with van der Waals surface area (Å²) in [5, 5.41) is 3.72. The van der Waals surface area contributed by atoms with E-state index in [1.165, 1.54) is 5.69 Å². The number of anilines is 1. The smallest absolute Gasteiger partial charge is 0.236 e. The van der Waals surface area contributed by atoms with Crippen molar-refractivity contribution in [3.8, 4) is 0 Å². The van der Waals surface area contributed by atoms with Crippen molar-refractivity contribution >= 4 is 60.4 Å². The van der Waals surface area contributed by atoms with Gasteiger partial charge in [-0.05, 0) is 30.5 Å². The third-order valence-corrected chi connectivity index (χ3v) is 4.57. The van der Waals surface area contributed by atoms with Gasteiger partial charge in [0.15, 0.2) is 0 Å². The van der Waals surface area contributed by atoms with Gasteiger partial charge in [0.05, 0.1) is 6.04 Å². The van der Waals surface area contributed by atoms with Gasteiger partial charge in [-0.25, -0.2) is 0 Å². The number of nitrogens with two attached hydrogens (primary N) is 1. The molecule has 1 fully saturated rings. The van der Waals surface area contributed by atoms with Gasteiger partial charge in [-0.3, -0.25) is 9.69 Å². The summed E-state index contributed by atoms with van der Waals surface area (Å²) in [6.45, 7) is 9.59. The van der Waals surface area contributed by atoms with E-state index >= 15 is 0 Å². The van der Waals surface area contributed by atoms with E-state index in [1.807, 2.05) is 18.2 Å². The number of rotatable bonds is 7. The number of carbonyl (C=O) groups excluding carboxylic acids is 1. The highest BCUT2D eigenvalue weighted by Crippen LogP contribution is 2.20. The minimum atomic E-state index is -0.398. The van der Waals surface area contributed by atoms with Gasteiger partial charge in [-0.2, -0.15) is 0 Å². The van der Waals surface area contributed by atoms with E-state index in [0.717, 1.165) is 44.2 Å². The molecule has 1 aliphatic heterocycles. The summed E-state index contributed by atoms with van der Waals surface area (Å²) in [6.07, 6.45) is 0.726. The molecule has 5 nitrogen and oxygen atoms in total. The number of hydrogen-bond acceptors (Lipinski definition) is 4. The summed E-state index contributed by atoms with van der Waals surface area (Å²) < 4.78 is 0. The number of nitrogens with zero attached hydrogens (tertiary/aromatic N) is 2. The predicted octanol–water partition coefficient (Wildman–Crippen LogP) is 3.22. The third-order valence-electron chi connectivity index (χ3n) is 4.34. The summed E-state index contributed by atoms with van der Waals surface area (Å²) in [5.74, 6) is 0.395. The van der Waals surface area contributed by atoms with Crippen LogP contribution in [0.2, 0.25) is 5.02 Å². The van der Waals surface area contributed by atoms with Crippen LogP contribution in [-0.2, 0) is 4.79 Å². The molecule has 0 radical (unpaired) electrons. The lowest BCUT2D eigenvalue weighted by atomic mass is 10.0. The standard InChI is InChI=1S/C18H29ClN4O.3ClH/c1-14(2)12-17(20)18(24)21-6-7-22-8-10-23(11-9-22)16-5-3-4-15(19)13-16;;;/h3-5,13-14,17H,6-12,20H2,1-2H3,(H,21,24);3*1H/t17-;;;/m0.../s1. The van der Waals surface area contributed by atoms with Crippen molar-refractivity contribution in [2.24, 2.45) is 11.7 Å². The van der Waals surface area contributed by atoms with Crippen LogP contribution in [0.25, 0.3) is 0 Å². The van der Waals surface area contributed by atoms with E-state index < -0.39 is 6.04 Å². The minimum Gasteiger partial charge on any atom is -0.369 e. The van der Waals surface area contributed by atoms with Gasteiger partial charge < -0.3 is 16.0 Å². The quantitative estimate of drug-likeness (QED) is 0.654. The molecule has 0 saturated carbocycles. The number of halogens is 4. The van der Waals surface area contributed by atoms with Gasteiger partial charge in [0.1, 0.15) is 0 Å². The van der Waals surface area contributed by atoms with Crippen LogP contribution < -0.4 is 16.0 Å². The van der Waals surface area contributed by atoms with Gasteiger partial charge in [-0.15, -0.1) is 37.2 Å². The van der Waals surface area contributed by atoms with Crippen molar-refractivity contribution in [2.75, 3.05) is 44.2 Å². The fraction of sp³-hybridized carbons (Fsp3) is 0.611. The maximum Gasteiger partial charge on any atom is 0.236 e. The molecule has 3 N–H and O–H groups in total. The first-order chi connectivity index (χ1) is 11.5. The minimum absolute atomic E-state index is 0. The predicted molar refractivity (Wildman–Crippen MR) is 122 cm³/mol. The van der Waals surface area contributed by atoms with Crippen LogP contribution in [0.4, 0.5) is 5.69 Å². The lowest BCUT2D eigenvalue weighted by Gasteiger charge is -2.36. The lowest BCUT2D eigenvalue weighted by molar-refractivity contribution is -0.122. The van der Waals surface area contributed by atoms with Gasteiger partial charge in [0, 0.05) is 50.0 Å². The molecule has 27 heavy (non-hydrogen) atoms. The molecule has 1 aliphatic rings. The van der Waals surface area contributed by atoms with Crippen molar-refractivity contribution in [3.63, 3.8) is 0 Å². The molecule has 1 aromatic carbocycles. The SMILES string of the molecule is CC(C)C[C@H](N)C(=O)NCCN1CCN(c2cccc(Cl)c2)CC1.Cl.Cl.Cl. The van der Waals surface area contributed by atoms with Crippen LogP contribution in [0.3, 0.4) is 0 Å². The maximum absolute atomic E-state index is 11.9. The van der Waals surface area contributed by atoms with Crippen LogP contribution in [0.15, 0.2) is 24.3 Å². The first kappa shape index (κ1) is 28.8. The number of nitrogens with one attached hydrogen (secondary N) is 1. The molecule has 1 heterocycles. The number of benzene rings is 1. The Balaban J connectivity index is 0. The highest BCUT2D eigenvalue weighted by Gasteiger charge is 2.18. The molecule has 1 amide bonds. The van der Waals surface area contributed by atoms with Crippen molar-refractivity contribution < 1.29 is 4.79 Å². The highest BCUT2D eigenvalue weighted by molar-refractivity contribution is 6.30. The fourth-order valence-electron chi connectivity index (χ4n) is 2.99. The van der Waals surface area contributed by atoms with Crippen LogP contribution >= 0.6 is 48.8 Å². The largest absolute Gasteiger partial charge is 0.369 e. The Morgan fingerprint density at radius 1 is 1.19 bits per heavy atom. The molecule has 0 spiro atoms. The molecule has 1 aromatic rings. The topological polar surface area (TPSA) is 61.6 Å². The summed E-state index contributed by atoms with van der Waals surface area (Å²) in [5.41, 5.74) is 7.07. The van der Waals surface area contributed by atoms with Crippen LogP contribution in [0, 0.1) is 5.92 Å². The molecule has 0 unspecified atom stereocenters. The molecule has 0 aliphatic carbocycles. The van der Waals surface area contributed by atoms with Crippen molar-refractivity contribution in [1.82, 2.24) is 10.2 Å². The Hall–Kier alpha value is -0.430. The van der Waals surface area contributed by atoms with E-state index in [0.29, 0.717) is 12.5 Å². The molecule has 0 aromatic heterocycles. The van der Waals surface area contributed by atoms with Gasteiger partial charge in [0.2, 0.25) is 5.91 Å². The highest BCUT2D eigenvalue weighted by atomic mass is 35.5. The normalized spacial score (nSPS) is 15.2. The zero-order chi connectivity index (χ0) is 17.5. The molecule has 0 bridgehead atoms. The molecule has 2 rings (SSSR count). The summed E-state index contributed by atoms with van der Waals surface area (Å²) in [4.78, 5) is 16.6. The monoisotopic (exact) mass is 460 g/mol. The first-order valence-electron chi connectivity index (χ1n) is 8.72. The Labute approximate surface area is 186 Å². The van der Waals surface area contributed by atoms with E-state index in [9.17, 15) is 4.79 Å². The Bertz CT molecular complexity index is 540. The Kier molecular flexibility index (Phi) is 15.5. The van der Waals surface area contributed by atoms with Gasteiger partial charge in [0.25, 0.3) is 0 Å². The zero-order valence-electron chi connectivity index (χ0n) is 15.9. The van der Waals surface area contributed by atoms with Crippen LogP contribution in [0.5, 0.6) is 0 Å². The second-order valence-electron chi connectivity index (χ2n) is 6.84. The Morgan fingerprint density at radius 3 is 2.37 bits per heavy atom. The number of hydrogen-bond donors (Lipinski definition) is 2. The van der Waals surface area contributed by atoms with Crippen molar-refractivity contribution in [2.45, 2.75) is 26.3 Å². The van der Waals surface area contributed by atoms with Crippen molar-refractivity contribution in [3.05, 3.63) is 29.3 Å². The van der Waals surface area contributed by atoms with E-state index in [4.69, 9.17) is 17.3 Å². The molecule has 1 saturated heterocycles. The summed E-state index contributed by atoms with van der Waals surface area (Å²) >= 11 is 6.06. The van der Waals surface area contributed by atoms with E-state index in [2.05, 4.69) is 35.0 Å². The molecule has 1 atom stereocenters. The summed E-state index contributed by atoms with van der Waals surface area (Å²) in [7, 11) is 0. The zero-order valence-corrected chi connectivity index (χ0v) is 19.1. The van der Waals surface area contributed by atoms with E-state index in [1.54, 1.807) is 0 Å². The van der Waals surface area contributed by atoms with Gasteiger partial charge >= 0.3 is 0 Å². The average molecular weight is 462 g/mol. The van der Waals surface area contributed by atoms with E-state index in [-0.39, 0.29) is 43.1 Å². The molecular weight excluding hydrogens is 430 g/mol. The molecule has 158 valence electrons. The average Bonchev–Trinajstić information content (AvgIpc) is 2.54. The Morgan fingerprint density at radius 2 is 1.81 bits per heavy atom. The second-order valence-corrected chi connectivity index (χ2v) is 7.27. The number of carbonyl (C=O) groups is 1. The van der Waals surface area contributed by atoms with Crippen LogP contribution in [-0.4, -0.2) is 56.1 Å². The molecular formula is C18H32Cl4N4O. The third kappa shape index (κ3) is 10.1. The fourth-order valence-corrected chi connectivity index (χ4v) is 3.17. The van der Waals surface area contributed by atoms with Crippen LogP contribution in [0.1, 0.15) is 20.3 Å². The lowest BCUT2D eigenvalue weighted by Crippen LogP contribution is -2.49. The molecule has 9 heteroatoms.